The Morgan fingerprint density at radius 2 is 0.848 bits per heavy atom. The van der Waals surface area contributed by atoms with E-state index in [-0.39, 0.29) is 5.41 Å². The third kappa shape index (κ3) is 4.43. The van der Waals surface area contributed by atoms with E-state index in [1.807, 2.05) is 27.7 Å². The first-order valence-corrected chi connectivity index (χ1v) is 16.5. The van der Waals surface area contributed by atoms with Crippen LogP contribution in [-0.4, -0.2) is 18.8 Å². The number of benzene rings is 6. The van der Waals surface area contributed by atoms with Crippen LogP contribution in [-0.2, 0) is 17.2 Å². The number of ether oxygens (including phenoxy) is 1. The Kier molecular flexibility index (Phi) is 8.67. The summed E-state index contributed by atoms with van der Waals surface area (Å²) < 4.78 is 6.55. The van der Waals surface area contributed by atoms with Gasteiger partial charge < -0.3 is 9.30 Å². The van der Waals surface area contributed by atoms with Gasteiger partial charge in [-0.05, 0) is 79.9 Å². The molecule has 46 heavy (non-hydrogen) atoms. The third-order valence-corrected chi connectivity index (χ3v) is 9.24. The van der Waals surface area contributed by atoms with Crippen molar-refractivity contribution >= 4 is 21.8 Å². The molecular weight excluding hydrogens is 558 g/mol. The largest absolute Gasteiger partial charge is 0.388 e. The minimum atomic E-state index is -0.307. The van der Waals surface area contributed by atoms with Gasteiger partial charge in [0.15, 0.2) is 0 Å². The molecule has 2 heteroatoms. The molecule has 0 saturated heterocycles. The monoisotopic (exact) mass is 601 g/mol. The van der Waals surface area contributed by atoms with Crippen molar-refractivity contribution in [1.82, 2.24) is 4.57 Å². The van der Waals surface area contributed by atoms with E-state index in [0.29, 0.717) is 0 Å². The van der Waals surface area contributed by atoms with Gasteiger partial charge in [0.2, 0.25) is 0 Å². The third-order valence-electron chi connectivity index (χ3n) is 9.24. The summed E-state index contributed by atoms with van der Waals surface area (Å²) in [5, 5.41) is 2.61. The first-order valence-electron chi connectivity index (χ1n) is 16.5. The second-order valence-electron chi connectivity index (χ2n) is 11.4. The molecule has 2 aliphatic rings. The molecule has 230 valence electrons. The number of para-hydroxylation sites is 1. The fraction of sp³-hybridized carbons (Fsp3) is 0.182. The zero-order chi connectivity index (χ0) is 32.4. The van der Waals surface area contributed by atoms with E-state index >= 15 is 0 Å². The van der Waals surface area contributed by atoms with Crippen LogP contribution in [0.15, 0.2) is 133 Å². The molecule has 1 aromatic heterocycles. The van der Waals surface area contributed by atoms with Gasteiger partial charge in [-0.25, -0.2) is 0 Å². The molecule has 7 aromatic rings. The molecule has 1 spiro atoms. The van der Waals surface area contributed by atoms with Crippen LogP contribution >= 0.6 is 0 Å². The van der Waals surface area contributed by atoms with Crippen molar-refractivity contribution in [3.8, 4) is 33.4 Å². The van der Waals surface area contributed by atoms with Crippen LogP contribution in [0.5, 0.6) is 0 Å². The summed E-state index contributed by atoms with van der Waals surface area (Å²) in [5.74, 6) is 0. The summed E-state index contributed by atoms with van der Waals surface area (Å²) >= 11 is 0. The molecule has 0 unspecified atom stereocenters. The first-order chi connectivity index (χ1) is 22.7. The fourth-order valence-corrected chi connectivity index (χ4v) is 7.62. The molecule has 0 fully saturated rings. The summed E-state index contributed by atoms with van der Waals surface area (Å²) in [6.07, 6.45) is 0. The molecule has 2 nitrogen and oxygen atoms in total. The van der Waals surface area contributed by atoms with Crippen LogP contribution in [0, 0.1) is 0 Å². The molecule has 0 N–H and O–H groups in total. The van der Waals surface area contributed by atoms with Crippen molar-refractivity contribution in [3.63, 3.8) is 0 Å². The molecule has 0 bridgehead atoms. The Morgan fingerprint density at radius 3 is 1.41 bits per heavy atom. The minimum absolute atomic E-state index is 0.307. The van der Waals surface area contributed by atoms with E-state index in [9.17, 15) is 0 Å². The van der Waals surface area contributed by atoms with Crippen molar-refractivity contribution in [2.75, 3.05) is 14.2 Å². The summed E-state index contributed by atoms with van der Waals surface area (Å²) in [6.45, 7) is 8.00. The minimum Gasteiger partial charge on any atom is -0.388 e. The maximum atomic E-state index is 4.25. The topological polar surface area (TPSA) is 14.2 Å². The smallest absolute Gasteiger partial charge is 0.0725 e. The lowest BCUT2D eigenvalue weighted by atomic mass is 9.70. The van der Waals surface area contributed by atoms with Crippen LogP contribution in [0.3, 0.4) is 0 Å². The SMILES string of the molecule is CC.CC.COC.Cn1c2ccccc2c2cc(-c3ccc4c(c3)C3(c5ccccc5-c5ccccc53)c3ccccc3-4)ccc21. The average molecular weight is 602 g/mol. The summed E-state index contributed by atoms with van der Waals surface area (Å²) in [5.41, 5.74) is 15.7. The Hall–Kier alpha value is -4.92. The van der Waals surface area contributed by atoms with Crippen LogP contribution in [0.4, 0.5) is 0 Å². The van der Waals surface area contributed by atoms with E-state index in [0.717, 1.165) is 0 Å². The van der Waals surface area contributed by atoms with Gasteiger partial charge in [0, 0.05) is 43.1 Å². The van der Waals surface area contributed by atoms with Crippen LogP contribution in [0.2, 0.25) is 0 Å². The number of hydrogen-bond acceptors (Lipinski definition) is 1. The number of rotatable bonds is 1. The van der Waals surface area contributed by atoms with E-state index in [1.165, 1.54) is 77.4 Å². The number of aryl methyl sites for hydroxylation is 1. The number of fused-ring (bicyclic) bond motifs is 13. The summed E-state index contributed by atoms with van der Waals surface area (Å²) in [7, 11) is 5.41. The lowest BCUT2D eigenvalue weighted by Gasteiger charge is -2.30. The highest BCUT2D eigenvalue weighted by Crippen LogP contribution is 2.63. The number of methoxy groups -OCH3 is 1. The van der Waals surface area contributed by atoms with Crippen molar-refractivity contribution in [2.24, 2.45) is 7.05 Å². The molecule has 9 rings (SSSR count). The van der Waals surface area contributed by atoms with E-state index in [1.54, 1.807) is 14.2 Å². The first kappa shape index (κ1) is 31.1. The molecule has 6 aromatic carbocycles. The molecule has 0 atom stereocenters. The predicted molar refractivity (Wildman–Crippen MR) is 198 cm³/mol. The highest BCUT2D eigenvalue weighted by Gasteiger charge is 2.51. The molecular formula is C44H43NO. The molecule has 0 saturated carbocycles. The van der Waals surface area contributed by atoms with E-state index in [2.05, 4.69) is 150 Å². The van der Waals surface area contributed by atoms with Gasteiger partial charge in [-0.1, -0.05) is 137 Å². The van der Waals surface area contributed by atoms with Gasteiger partial charge in [0.1, 0.15) is 0 Å². The van der Waals surface area contributed by atoms with Gasteiger partial charge in [0.25, 0.3) is 0 Å². The van der Waals surface area contributed by atoms with Gasteiger partial charge in [-0.15, -0.1) is 0 Å². The number of aromatic nitrogens is 1. The number of nitrogens with zero attached hydrogens (tertiary/aromatic N) is 1. The van der Waals surface area contributed by atoms with E-state index in [4.69, 9.17) is 0 Å². The number of hydrogen-bond donors (Lipinski definition) is 0. The maximum Gasteiger partial charge on any atom is 0.0725 e. The lowest BCUT2D eigenvalue weighted by molar-refractivity contribution is 0.277. The van der Waals surface area contributed by atoms with Crippen LogP contribution in [0.25, 0.3) is 55.2 Å². The Morgan fingerprint density at radius 1 is 0.435 bits per heavy atom. The average Bonchev–Trinajstić information content (AvgIpc) is 3.71. The van der Waals surface area contributed by atoms with Crippen molar-refractivity contribution in [2.45, 2.75) is 33.1 Å². The molecule has 1 heterocycles. The van der Waals surface area contributed by atoms with Gasteiger partial charge in [0.05, 0.1) is 5.41 Å². The molecule has 2 aliphatic carbocycles. The van der Waals surface area contributed by atoms with Crippen molar-refractivity contribution in [3.05, 3.63) is 156 Å². The highest BCUT2D eigenvalue weighted by atomic mass is 16.4. The second kappa shape index (κ2) is 12.8. The summed E-state index contributed by atoms with van der Waals surface area (Å²) in [6, 6.07) is 49.8. The molecule has 0 aliphatic heterocycles. The standard InChI is InChI=1S/C38H25N.C2H6O.2C2H6/c1-39-36-17-9-5-13-30(36)31-22-24(19-21-37(31)39)25-18-20-29-28-12-4-8-16-34(28)38(35(29)23-25)32-14-6-2-10-26(32)27-11-3-7-15-33(27)38;1-3-2;2*1-2/h2-23H,1H3;1-2H3;2*1-2H3. The zero-order valence-electron chi connectivity index (χ0n) is 28.1. The second-order valence-corrected chi connectivity index (χ2v) is 11.4. The quantitative estimate of drug-likeness (QED) is 0.183. The Balaban J connectivity index is 0.000000496. The summed E-state index contributed by atoms with van der Waals surface area (Å²) in [4.78, 5) is 0. The highest BCUT2D eigenvalue weighted by molar-refractivity contribution is 6.09. The van der Waals surface area contributed by atoms with E-state index < -0.39 is 0 Å². The van der Waals surface area contributed by atoms with Crippen LogP contribution in [0.1, 0.15) is 49.9 Å². The molecule has 0 radical (unpaired) electrons. The lowest BCUT2D eigenvalue weighted by Crippen LogP contribution is -2.25. The van der Waals surface area contributed by atoms with Crippen molar-refractivity contribution in [1.29, 1.82) is 0 Å². The predicted octanol–water partition coefficient (Wildman–Crippen LogP) is 11.7. The van der Waals surface area contributed by atoms with Gasteiger partial charge in [-0.2, -0.15) is 0 Å². The Labute approximate surface area is 273 Å². The normalized spacial score (nSPS) is 12.5. The molecule has 0 amide bonds. The Bertz CT molecular complexity index is 2100. The van der Waals surface area contributed by atoms with Crippen molar-refractivity contribution < 1.29 is 4.74 Å². The zero-order valence-corrected chi connectivity index (χ0v) is 28.1. The van der Waals surface area contributed by atoms with Gasteiger partial charge in [-0.3, -0.25) is 0 Å². The van der Waals surface area contributed by atoms with Gasteiger partial charge >= 0.3 is 0 Å². The fourth-order valence-electron chi connectivity index (χ4n) is 7.62. The maximum absolute atomic E-state index is 4.25. The van der Waals surface area contributed by atoms with Crippen LogP contribution < -0.4 is 0 Å².